The first-order chi connectivity index (χ1) is 17.8. The van der Waals surface area contributed by atoms with Crippen LogP contribution in [0.3, 0.4) is 0 Å². The molecule has 3 heterocycles. The summed E-state index contributed by atoms with van der Waals surface area (Å²) >= 11 is 0. The number of carbonyl (C=O) groups excluding carboxylic acids is 1. The molecule has 202 valence electrons. The minimum Gasteiger partial charge on any atom is -0.368 e. The third-order valence-corrected chi connectivity index (χ3v) is 7.13. The lowest BCUT2D eigenvalue weighted by Gasteiger charge is -2.27. The van der Waals surface area contributed by atoms with Crippen LogP contribution in [0.4, 0.5) is 30.7 Å². The number of nitrogens with zero attached hydrogens (tertiary/aromatic N) is 4. The SMILES string of the molecule is C[C@@H](O[C@H]1CN2C(=O)C(n3cnnc3)C[C@H]2C1c1ccc(F)cc1)c1cc(C(F)(F)F)cc(C(F)(F)F)c1. The number of benzene rings is 2. The number of fused-ring (bicyclic) bond motifs is 1. The number of alkyl halides is 6. The Labute approximate surface area is 212 Å². The fourth-order valence-electron chi connectivity index (χ4n) is 5.36. The Bertz CT molecular complexity index is 1280. The van der Waals surface area contributed by atoms with Gasteiger partial charge < -0.3 is 14.2 Å². The number of ether oxygens (including phenoxy) is 1. The van der Waals surface area contributed by atoms with Crippen molar-refractivity contribution in [2.24, 2.45) is 0 Å². The first kappa shape index (κ1) is 26.1. The summed E-state index contributed by atoms with van der Waals surface area (Å²) in [6, 6.07) is 5.92. The molecule has 0 aliphatic carbocycles. The van der Waals surface area contributed by atoms with E-state index >= 15 is 0 Å². The predicted molar refractivity (Wildman–Crippen MR) is 118 cm³/mol. The van der Waals surface area contributed by atoms with Crippen molar-refractivity contribution in [1.29, 1.82) is 0 Å². The Balaban J connectivity index is 1.47. The third kappa shape index (κ3) is 4.86. The molecular weight excluding hydrogens is 521 g/mol. The van der Waals surface area contributed by atoms with Crippen molar-refractivity contribution in [3.8, 4) is 0 Å². The van der Waals surface area contributed by atoms with Crippen LogP contribution < -0.4 is 0 Å². The predicted octanol–water partition coefficient (Wildman–Crippen LogP) is 5.54. The molecule has 2 aliphatic heterocycles. The summed E-state index contributed by atoms with van der Waals surface area (Å²) in [6.45, 7) is 1.42. The Kier molecular flexibility index (Phi) is 6.44. The van der Waals surface area contributed by atoms with Crippen molar-refractivity contribution in [1.82, 2.24) is 19.7 Å². The number of halogens is 7. The maximum Gasteiger partial charge on any atom is 0.416 e. The molecule has 0 bridgehead atoms. The van der Waals surface area contributed by atoms with Gasteiger partial charge in [-0.1, -0.05) is 12.1 Å². The van der Waals surface area contributed by atoms with E-state index in [-0.39, 0.29) is 24.1 Å². The molecule has 13 heteroatoms. The Morgan fingerprint density at radius 1 is 0.947 bits per heavy atom. The third-order valence-electron chi connectivity index (χ3n) is 7.13. The molecule has 2 saturated heterocycles. The maximum atomic E-state index is 13.7. The fourth-order valence-corrected chi connectivity index (χ4v) is 5.36. The van der Waals surface area contributed by atoms with Crippen molar-refractivity contribution in [2.75, 3.05) is 6.54 Å². The summed E-state index contributed by atoms with van der Waals surface area (Å²) in [5.41, 5.74) is -2.54. The molecule has 0 radical (unpaired) electrons. The van der Waals surface area contributed by atoms with Gasteiger partial charge in [-0.3, -0.25) is 4.79 Å². The number of carbonyl (C=O) groups is 1. The number of amides is 1. The van der Waals surface area contributed by atoms with E-state index in [1.165, 1.54) is 43.8 Å². The van der Waals surface area contributed by atoms with Crippen molar-refractivity contribution in [3.05, 3.63) is 83.2 Å². The highest BCUT2D eigenvalue weighted by Crippen LogP contribution is 2.46. The molecule has 2 fully saturated rings. The van der Waals surface area contributed by atoms with Gasteiger partial charge in [-0.25, -0.2) is 4.39 Å². The zero-order valence-electron chi connectivity index (χ0n) is 19.7. The molecule has 1 aromatic heterocycles. The molecule has 5 atom stereocenters. The van der Waals surface area contributed by atoms with Crippen LogP contribution >= 0.6 is 0 Å². The quantitative estimate of drug-likeness (QED) is 0.398. The Morgan fingerprint density at radius 2 is 1.53 bits per heavy atom. The first-order valence-corrected chi connectivity index (χ1v) is 11.7. The van der Waals surface area contributed by atoms with E-state index in [1.54, 1.807) is 9.47 Å². The van der Waals surface area contributed by atoms with Gasteiger partial charge in [-0.15, -0.1) is 10.2 Å². The molecule has 38 heavy (non-hydrogen) atoms. The van der Waals surface area contributed by atoms with Crippen molar-refractivity contribution in [3.63, 3.8) is 0 Å². The lowest BCUT2D eigenvalue weighted by Crippen LogP contribution is -2.31. The van der Waals surface area contributed by atoms with E-state index in [4.69, 9.17) is 4.74 Å². The smallest absolute Gasteiger partial charge is 0.368 e. The Morgan fingerprint density at radius 3 is 2.08 bits per heavy atom. The highest BCUT2D eigenvalue weighted by molar-refractivity contribution is 5.84. The molecule has 6 nitrogen and oxygen atoms in total. The van der Waals surface area contributed by atoms with Crippen LogP contribution in [0.15, 0.2) is 55.1 Å². The van der Waals surface area contributed by atoms with Crippen LogP contribution in [0.5, 0.6) is 0 Å². The van der Waals surface area contributed by atoms with Gasteiger partial charge in [-0.05, 0) is 54.8 Å². The van der Waals surface area contributed by atoms with Gasteiger partial charge >= 0.3 is 12.4 Å². The highest BCUT2D eigenvalue weighted by atomic mass is 19.4. The van der Waals surface area contributed by atoms with Crippen molar-refractivity contribution in [2.45, 2.75) is 55.9 Å². The summed E-state index contributed by atoms with van der Waals surface area (Å²) in [4.78, 5) is 14.8. The average Bonchev–Trinajstić information content (AvgIpc) is 3.56. The zero-order valence-corrected chi connectivity index (χ0v) is 19.7. The summed E-state index contributed by atoms with van der Waals surface area (Å²) in [6.07, 6.45) is -8.75. The summed E-state index contributed by atoms with van der Waals surface area (Å²) < 4.78 is 102. The molecule has 0 N–H and O–H groups in total. The molecule has 0 saturated carbocycles. The van der Waals surface area contributed by atoms with E-state index in [1.807, 2.05) is 0 Å². The lowest BCUT2D eigenvalue weighted by molar-refractivity contribution is -0.143. The van der Waals surface area contributed by atoms with Gasteiger partial charge in [0.05, 0.1) is 23.3 Å². The van der Waals surface area contributed by atoms with E-state index in [0.29, 0.717) is 24.1 Å². The summed E-state index contributed by atoms with van der Waals surface area (Å²) in [5.74, 6) is -1.22. The zero-order chi connectivity index (χ0) is 27.4. The van der Waals surface area contributed by atoms with Gasteiger partial charge in [0.25, 0.3) is 0 Å². The molecule has 2 aliphatic rings. The van der Waals surface area contributed by atoms with Crippen LogP contribution in [0, 0.1) is 5.82 Å². The van der Waals surface area contributed by atoms with Crippen LogP contribution in [-0.2, 0) is 21.9 Å². The lowest BCUT2D eigenvalue weighted by atomic mass is 9.87. The monoisotopic (exact) mass is 542 g/mol. The molecule has 5 rings (SSSR count). The second-order valence-electron chi connectivity index (χ2n) is 9.45. The van der Waals surface area contributed by atoms with E-state index in [2.05, 4.69) is 10.2 Å². The number of aromatic nitrogens is 3. The standard InChI is InChI=1S/C25H21F7N4O2/c1-13(15-6-16(24(27,28)29)8-17(7-15)25(30,31)32)38-21-10-36-19(22(21)14-2-4-18(26)5-3-14)9-20(23(36)37)35-11-33-34-12-35/h2-8,11-13,19-22H,9-10H2,1H3/t13-,19+,20?,21+,22?/m1/s1. The highest BCUT2D eigenvalue weighted by Gasteiger charge is 2.53. The average molecular weight is 542 g/mol. The topological polar surface area (TPSA) is 60.2 Å². The molecule has 2 unspecified atom stereocenters. The van der Waals surface area contributed by atoms with Gasteiger partial charge in [-0.2, -0.15) is 26.3 Å². The van der Waals surface area contributed by atoms with Crippen LogP contribution in [0.1, 0.15) is 53.7 Å². The van der Waals surface area contributed by atoms with Crippen molar-refractivity contribution >= 4 is 5.91 Å². The minimum atomic E-state index is -4.99. The number of hydrogen-bond donors (Lipinski definition) is 0. The number of hydrogen-bond acceptors (Lipinski definition) is 4. The second-order valence-corrected chi connectivity index (χ2v) is 9.45. The molecular formula is C25H21F7N4O2. The molecule has 3 aromatic rings. The van der Waals surface area contributed by atoms with Gasteiger partial charge in [0.1, 0.15) is 24.5 Å². The Hall–Kier alpha value is -3.48. The molecule has 0 spiro atoms. The van der Waals surface area contributed by atoms with Gasteiger partial charge in [0.2, 0.25) is 5.91 Å². The summed E-state index contributed by atoms with van der Waals surface area (Å²) in [7, 11) is 0. The largest absolute Gasteiger partial charge is 0.416 e. The maximum absolute atomic E-state index is 13.7. The molecule has 2 aromatic carbocycles. The van der Waals surface area contributed by atoms with Crippen LogP contribution in [0.2, 0.25) is 0 Å². The van der Waals surface area contributed by atoms with Crippen LogP contribution in [0.25, 0.3) is 0 Å². The van der Waals surface area contributed by atoms with E-state index in [0.717, 1.165) is 0 Å². The number of rotatable bonds is 5. The van der Waals surface area contributed by atoms with E-state index in [9.17, 15) is 35.5 Å². The van der Waals surface area contributed by atoms with Crippen LogP contribution in [-0.4, -0.2) is 44.3 Å². The first-order valence-electron chi connectivity index (χ1n) is 11.7. The normalized spacial score (nSPS) is 24.6. The second kappa shape index (κ2) is 9.37. The summed E-state index contributed by atoms with van der Waals surface area (Å²) in [5, 5.41) is 7.47. The van der Waals surface area contributed by atoms with Crippen molar-refractivity contribution < 1.29 is 40.3 Å². The molecule has 1 amide bonds. The van der Waals surface area contributed by atoms with Gasteiger partial charge in [0.15, 0.2) is 0 Å². The minimum absolute atomic E-state index is 0.0552. The van der Waals surface area contributed by atoms with Gasteiger partial charge in [0, 0.05) is 18.5 Å². The fraction of sp³-hybridized carbons (Fsp3) is 0.400. The van der Waals surface area contributed by atoms with E-state index < -0.39 is 59.5 Å².